The Kier molecular flexibility index (Phi) is 4.95. The molecule has 1 aliphatic rings. The Labute approximate surface area is 130 Å². The van der Waals surface area contributed by atoms with Crippen molar-refractivity contribution in [2.45, 2.75) is 30.7 Å². The van der Waals surface area contributed by atoms with E-state index in [1.54, 1.807) is 0 Å². The number of esters is 1. The first-order valence-electron chi connectivity index (χ1n) is 7.04. The molecule has 4 nitrogen and oxygen atoms in total. The number of benzene rings is 1. The van der Waals surface area contributed by atoms with Crippen molar-refractivity contribution in [3.8, 4) is 0 Å². The smallest absolute Gasteiger partial charge is 0.417 e. The van der Waals surface area contributed by atoms with Crippen molar-refractivity contribution in [1.29, 1.82) is 0 Å². The van der Waals surface area contributed by atoms with Gasteiger partial charge in [0, 0.05) is 13.1 Å². The Morgan fingerprint density at radius 2 is 1.78 bits per heavy atom. The molecule has 0 spiro atoms. The Morgan fingerprint density at radius 3 is 2.22 bits per heavy atom. The molecule has 0 aliphatic carbocycles. The van der Waals surface area contributed by atoms with Crippen LogP contribution in [0.5, 0.6) is 0 Å². The summed E-state index contributed by atoms with van der Waals surface area (Å²) in [5.41, 5.74) is -2.32. The monoisotopic (exact) mass is 335 g/mol. The van der Waals surface area contributed by atoms with Gasteiger partial charge in [0.1, 0.15) is 11.9 Å². The van der Waals surface area contributed by atoms with Crippen molar-refractivity contribution in [2.75, 3.05) is 20.2 Å². The predicted molar refractivity (Wildman–Crippen MR) is 73.0 cm³/mol. The number of carbonyl (C=O) groups excluding carboxylic acids is 1. The maximum absolute atomic E-state index is 13.0. The van der Waals surface area contributed by atoms with Crippen LogP contribution in [0.1, 0.15) is 24.4 Å². The molecular formula is C15H17F4NO3. The number of alkyl halides is 3. The van der Waals surface area contributed by atoms with E-state index in [1.807, 2.05) is 0 Å². The zero-order valence-corrected chi connectivity index (χ0v) is 12.4. The molecule has 0 bridgehead atoms. The van der Waals surface area contributed by atoms with E-state index >= 15 is 0 Å². The van der Waals surface area contributed by atoms with E-state index < -0.39 is 42.4 Å². The van der Waals surface area contributed by atoms with Gasteiger partial charge in [-0.15, -0.1) is 0 Å². The highest BCUT2D eigenvalue weighted by atomic mass is 19.4. The van der Waals surface area contributed by atoms with E-state index in [4.69, 9.17) is 4.74 Å². The summed E-state index contributed by atoms with van der Waals surface area (Å²) in [5, 5.41) is 9.69. The number of halogens is 4. The van der Waals surface area contributed by atoms with Crippen molar-refractivity contribution in [3.05, 3.63) is 35.6 Å². The normalized spacial score (nSPS) is 20.1. The van der Waals surface area contributed by atoms with Crippen molar-refractivity contribution in [1.82, 2.24) is 4.90 Å². The van der Waals surface area contributed by atoms with Crippen LogP contribution in [0, 0.1) is 5.82 Å². The molecule has 0 radical (unpaired) electrons. The van der Waals surface area contributed by atoms with Gasteiger partial charge in [0.15, 0.2) is 5.60 Å². The number of ether oxygens (including phenoxy) is 1. The minimum absolute atomic E-state index is 0.132. The van der Waals surface area contributed by atoms with E-state index in [0.717, 1.165) is 0 Å². The van der Waals surface area contributed by atoms with Gasteiger partial charge in [-0.05, 0) is 30.5 Å². The van der Waals surface area contributed by atoms with Crippen LogP contribution in [0.25, 0.3) is 0 Å². The molecule has 0 saturated carbocycles. The highest BCUT2D eigenvalue weighted by Gasteiger charge is 2.55. The fourth-order valence-electron chi connectivity index (χ4n) is 2.69. The molecule has 1 saturated heterocycles. The lowest BCUT2D eigenvalue weighted by Crippen LogP contribution is -2.54. The average Bonchev–Trinajstić information content (AvgIpc) is 2.50. The number of nitrogens with zero attached hydrogens (tertiary/aromatic N) is 1. The Hall–Kier alpha value is -1.67. The van der Waals surface area contributed by atoms with E-state index in [0.29, 0.717) is 5.56 Å². The second-order valence-corrected chi connectivity index (χ2v) is 5.54. The zero-order chi connectivity index (χ0) is 17.3. The molecule has 2 rings (SSSR count). The molecule has 23 heavy (non-hydrogen) atoms. The maximum Gasteiger partial charge on any atom is 0.417 e. The lowest BCUT2D eigenvalue weighted by molar-refractivity contribution is -0.273. The van der Waals surface area contributed by atoms with Crippen LogP contribution in [0.15, 0.2) is 24.3 Å². The molecule has 0 amide bonds. The molecule has 1 aromatic rings. The van der Waals surface area contributed by atoms with E-state index in [2.05, 4.69) is 0 Å². The second kappa shape index (κ2) is 6.45. The van der Waals surface area contributed by atoms with Gasteiger partial charge in [-0.25, -0.2) is 9.18 Å². The Bertz CT molecular complexity index is 551. The number of aliphatic hydroxyl groups is 1. The van der Waals surface area contributed by atoms with Gasteiger partial charge in [0.25, 0.3) is 0 Å². The number of rotatable bonds is 3. The fourth-order valence-corrected chi connectivity index (χ4v) is 2.69. The minimum Gasteiger partial charge on any atom is -0.468 e. The summed E-state index contributed by atoms with van der Waals surface area (Å²) in [6.45, 7) is -0.264. The van der Waals surface area contributed by atoms with Crippen molar-refractivity contribution >= 4 is 5.97 Å². The summed E-state index contributed by atoms with van der Waals surface area (Å²) in [4.78, 5) is 13.5. The van der Waals surface area contributed by atoms with Gasteiger partial charge >= 0.3 is 12.1 Å². The van der Waals surface area contributed by atoms with Crippen molar-refractivity contribution in [3.63, 3.8) is 0 Å². The first-order chi connectivity index (χ1) is 10.7. The van der Waals surface area contributed by atoms with Crippen LogP contribution in [0.3, 0.4) is 0 Å². The number of hydrogen-bond donors (Lipinski definition) is 1. The third kappa shape index (κ3) is 3.64. The lowest BCUT2D eigenvalue weighted by atomic mass is 9.89. The molecule has 8 heteroatoms. The highest BCUT2D eigenvalue weighted by molar-refractivity contribution is 5.77. The second-order valence-electron chi connectivity index (χ2n) is 5.54. The summed E-state index contributed by atoms with van der Waals surface area (Å²) in [5.74, 6) is -1.13. The lowest BCUT2D eigenvalue weighted by Gasteiger charge is -2.41. The molecular weight excluding hydrogens is 318 g/mol. The van der Waals surface area contributed by atoms with Gasteiger partial charge < -0.3 is 9.84 Å². The number of piperidine rings is 1. The van der Waals surface area contributed by atoms with Gasteiger partial charge in [-0.1, -0.05) is 12.1 Å². The van der Waals surface area contributed by atoms with Crippen LogP contribution in [0.4, 0.5) is 17.6 Å². The number of hydrogen-bond acceptors (Lipinski definition) is 4. The summed E-state index contributed by atoms with van der Waals surface area (Å²) in [6, 6.07) is 4.18. The van der Waals surface area contributed by atoms with E-state index in [1.165, 1.54) is 36.3 Å². The number of carbonyl (C=O) groups is 1. The Balaban J connectivity index is 2.19. The van der Waals surface area contributed by atoms with Crippen molar-refractivity contribution < 1.29 is 32.2 Å². The molecule has 1 N–H and O–H groups in total. The molecule has 1 heterocycles. The topological polar surface area (TPSA) is 49.8 Å². The van der Waals surface area contributed by atoms with E-state index in [-0.39, 0.29) is 13.1 Å². The molecule has 1 atom stereocenters. The Morgan fingerprint density at radius 1 is 1.26 bits per heavy atom. The largest absolute Gasteiger partial charge is 0.468 e. The zero-order valence-electron chi connectivity index (χ0n) is 12.4. The van der Waals surface area contributed by atoms with Crippen LogP contribution in [-0.4, -0.2) is 48.0 Å². The van der Waals surface area contributed by atoms with Crippen molar-refractivity contribution in [2.24, 2.45) is 0 Å². The quantitative estimate of drug-likeness (QED) is 0.681. The van der Waals surface area contributed by atoms with Gasteiger partial charge in [0.05, 0.1) is 7.11 Å². The SMILES string of the molecule is COC(=O)C(c1ccc(F)cc1)N1CCC(O)(C(F)(F)F)CC1. The fraction of sp³-hybridized carbons (Fsp3) is 0.533. The predicted octanol–water partition coefficient (Wildman–Crippen LogP) is 2.43. The molecule has 1 aromatic carbocycles. The minimum atomic E-state index is -4.71. The molecule has 128 valence electrons. The summed E-state index contributed by atoms with van der Waals surface area (Å²) in [6.07, 6.45) is -5.79. The molecule has 1 unspecified atom stereocenters. The third-order valence-electron chi connectivity index (χ3n) is 4.13. The summed E-state index contributed by atoms with van der Waals surface area (Å²) >= 11 is 0. The van der Waals surface area contributed by atoms with Gasteiger partial charge in [0.2, 0.25) is 0 Å². The summed E-state index contributed by atoms with van der Waals surface area (Å²) < 4.78 is 56.3. The van der Waals surface area contributed by atoms with Gasteiger partial charge in [-0.3, -0.25) is 4.90 Å². The standard InChI is InChI=1S/C15H17F4NO3/c1-23-13(21)12(10-2-4-11(16)5-3-10)20-8-6-14(22,7-9-20)15(17,18)19/h2-5,12,22H,6-9H2,1H3. The van der Waals surface area contributed by atoms with Gasteiger partial charge in [-0.2, -0.15) is 13.2 Å². The van der Waals surface area contributed by atoms with Crippen LogP contribution < -0.4 is 0 Å². The van der Waals surface area contributed by atoms with E-state index in [9.17, 15) is 27.5 Å². The maximum atomic E-state index is 13.0. The number of methoxy groups -OCH3 is 1. The van der Waals surface area contributed by atoms with Crippen LogP contribution in [-0.2, 0) is 9.53 Å². The average molecular weight is 335 g/mol. The molecule has 0 aromatic heterocycles. The first-order valence-corrected chi connectivity index (χ1v) is 7.04. The highest BCUT2D eigenvalue weighted by Crippen LogP contribution is 2.40. The molecule has 1 fully saturated rings. The van der Waals surface area contributed by atoms with Crippen LogP contribution >= 0.6 is 0 Å². The first kappa shape index (κ1) is 17.7. The third-order valence-corrected chi connectivity index (χ3v) is 4.13. The number of likely N-dealkylation sites (tertiary alicyclic amines) is 1. The van der Waals surface area contributed by atoms with Crippen LogP contribution in [0.2, 0.25) is 0 Å². The molecule has 1 aliphatic heterocycles. The summed E-state index contributed by atoms with van der Waals surface area (Å²) in [7, 11) is 1.18.